The van der Waals surface area contributed by atoms with Gasteiger partial charge in [-0.05, 0) is 50.6 Å². The van der Waals surface area contributed by atoms with Crippen LogP contribution in [0.25, 0.3) is 0 Å². The molecule has 0 heterocycles. The van der Waals surface area contributed by atoms with Crippen LogP contribution in [0, 0.1) is 0 Å². The highest BCUT2D eigenvalue weighted by Gasteiger charge is 2.18. The molecule has 0 aliphatic rings. The maximum atomic E-state index is 12.5. The van der Waals surface area contributed by atoms with E-state index in [0.717, 1.165) is 10.0 Å². The number of halogens is 1. The van der Waals surface area contributed by atoms with Crippen molar-refractivity contribution < 1.29 is 23.8 Å². The molecule has 0 aliphatic carbocycles. The van der Waals surface area contributed by atoms with Crippen LogP contribution in [0.3, 0.4) is 0 Å². The van der Waals surface area contributed by atoms with Crippen molar-refractivity contribution >= 4 is 27.7 Å². The van der Waals surface area contributed by atoms with Gasteiger partial charge >= 0.3 is 0 Å². The Labute approximate surface area is 178 Å². The van der Waals surface area contributed by atoms with Crippen molar-refractivity contribution in [2.24, 2.45) is 0 Å². The Morgan fingerprint density at radius 3 is 1.93 bits per heavy atom. The minimum Gasteiger partial charge on any atom is -0.490 e. The molecule has 0 saturated carbocycles. The molecular weight excluding hydrogens is 440 g/mol. The standard InChI is InChI=1S/C21H25BrN2O5/c1-4-27-17-12-15(13-18(28-5-2)20(17)29-6-3)21(26)24-23-19(25)11-14-7-9-16(22)10-8-14/h7-10,12-13H,4-6,11H2,1-3H3,(H,23,25)(H,24,26). The van der Waals surface area contributed by atoms with Gasteiger partial charge in [0.1, 0.15) is 0 Å². The number of nitrogens with one attached hydrogen (secondary N) is 2. The Bertz CT molecular complexity index is 812. The maximum Gasteiger partial charge on any atom is 0.269 e. The molecule has 2 amide bonds. The fraction of sp³-hybridized carbons (Fsp3) is 0.333. The zero-order valence-corrected chi connectivity index (χ0v) is 18.3. The molecule has 0 saturated heterocycles. The van der Waals surface area contributed by atoms with Crippen LogP contribution in [-0.4, -0.2) is 31.6 Å². The summed E-state index contributed by atoms with van der Waals surface area (Å²) in [5.41, 5.74) is 5.96. The third kappa shape index (κ3) is 6.67. The van der Waals surface area contributed by atoms with Crippen LogP contribution >= 0.6 is 15.9 Å². The van der Waals surface area contributed by atoms with Crippen molar-refractivity contribution in [3.05, 3.63) is 52.0 Å². The van der Waals surface area contributed by atoms with E-state index in [4.69, 9.17) is 14.2 Å². The molecule has 2 aromatic carbocycles. The Hall–Kier alpha value is -2.74. The number of amides is 2. The highest BCUT2D eigenvalue weighted by atomic mass is 79.9. The number of hydrogen-bond acceptors (Lipinski definition) is 5. The van der Waals surface area contributed by atoms with Crippen LogP contribution in [0.1, 0.15) is 36.7 Å². The lowest BCUT2D eigenvalue weighted by atomic mass is 10.1. The first-order valence-corrected chi connectivity index (χ1v) is 10.2. The second-order valence-electron chi connectivity index (χ2n) is 5.91. The molecule has 0 fully saturated rings. The van der Waals surface area contributed by atoms with Crippen LogP contribution in [-0.2, 0) is 11.2 Å². The first kappa shape index (κ1) is 22.5. The molecule has 156 valence electrons. The zero-order valence-electron chi connectivity index (χ0n) is 16.7. The van der Waals surface area contributed by atoms with Crippen molar-refractivity contribution in [2.45, 2.75) is 27.2 Å². The number of carbonyl (C=O) groups excluding carboxylic acids is 2. The summed E-state index contributed by atoms with van der Waals surface area (Å²) in [6.45, 7) is 6.77. The van der Waals surface area contributed by atoms with E-state index in [-0.39, 0.29) is 17.9 Å². The molecule has 0 aliphatic heterocycles. The number of rotatable bonds is 9. The average molecular weight is 465 g/mol. The molecular formula is C21H25BrN2O5. The largest absolute Gasteiger partial charge is 0.490 e. The van der Waals surface area contributed by atoms with Gasteiger partial charge in [0, 0.05) is 10.0 Å². The van der Waals surface area contributed by atoms with Gasteiger partial charge < -0.3 is 14.2 Å². The Morgan fingerprint density at radius 2 is 1.41 bits per heavy atom. The lowest BCUT2D eigenvalue weighted by molar-refractivity contribution is -0.121. The van der Waals surface area contributed by atoms with Gasteiger partial charge in [0.2, 0.25) is 11.7 Å². The second-order valence-corrected chi connectivity index (χ2v) is 6.82. The predicted molar refractivity (Wildman–Crippen MR) is 113 cm³/mol. The summed E-state index contributed by atoms with van der Waals surface area (Å²) < 4.78 is 17.8. The van der Waals surface area contributed by atoms with Crippen LogP contribution < -0.4 is 25.1 Å². The third-order valence-corrected chi connectivity index (χ3v) is 4.29. The van der Waals surface area contributed by atoms with Gasteiger partial charge in [-0.15, -0.1) is 0 Å². The highest BCUT2D eigenvalue weighted by molar-refractivity contribution is 9.10. The average Bonchev–Trinajstić information content (AvgIpc) is 2.70. The van der Waals surface area contributed by atoms with Crippen molar-refractivity contribution in [2.75, 3.05) is 19.8 Å². The minimum atomic E-state index is -0.487. The topological polar surface area (TPSA) is 85.9 Å². The van der Waals surface area contributed by atoms with E-state index >= 15 is 0 Å². The van der Waals surface area contributed by atoms with Crippen molar-refractivity contribution in [3.63, 3.8) is 0 Å². The summed E-state index contributed by atoms with van der Waals surface area (Å²) >= 11 is 3.35. The lowest BCUT2D eigenvalue weighted by Gasteiger charge is -2.17. The molecule has 2 aromatic rings. The van der Waals surface area contributed by atoms with Crippen molar-refractivity contribution in [1.29, 1.82) is 0 Å². The molecule has 2 N–H and O–H groups in total. The van der Waals surface area contributed by atoms with Gasteiger partial charge in [-0.3, -0.25) is 20.4 Å². The van der Waals surface area contributed by atoms with E-state index in [0.29, 0.717) is 37.1 Å². The van der Waals surface area contributed by atoms with Gasteiger partial charge in [0.15, 0.2) is 11.5 Å². The second kappa shape index (κ2) is 11.3. The molecule has 0 spiro atoms. The molecule has 2 rings (SSSR count). The van der Waals surface area contributed by atoms with E-state index < -0.39 is 5.91 Å². The Kier molecular flexibility index (Phi) is 8.79. The first-order valence-electron chi connectivity index (χ1n) is 9.38. The SMILES string of the molecule is CCOc1cc(C(=O)NNC(=O)Cc2ccc(Br)cc2)cc(OCC)c1OCC. The normalized spacial score (nSPS) is 10.2. The van der Waals surface area contributed by atoms with Gasteiger partial charge in [0.05, 0.1) is 26.2 Å². The quantitative estimate of drug-likeness (QED) is 0.553. The summed E-state index contributed by atoms with van der Waals surface area (Å²) in [7, 11) is 0. The number of ether oxygens (including phenoxy) is 3. The molecule has 0 bridgehead atoms. The third-order valence-electron chi connectivity index (χ3n) is 3.76. The van der Waals surface area contributed by atoms with E-state index in [1.807, 2.05) is 45.0 Å². The van der Waals surface area contributed by atoms with Gasteiger partial charge in [-0.1, -0.05) is 28.1 Å². The van der Waals surface area contributed by atoms with E-state index in [1.165, 1.54) is 0 Å². The molecule has 0 radical (unpaired) electrons. The summed E-state index contributed by atoms with van der Waals surface area (Å²) in [4.78, 5) is 24.6. The van der Waals surface area contributed by atoms with Crippen LogP contribution in [0.5, 0.6) is 17.2 Å². The van der Waals surface area contributed by atoms with Crippen molar-refractivity contribution in [3.8, 4) is 17.2 Å². The highest BCUT2D eigenvalue weighted by Crippen LogP contribution is 2.39. The number of hydrogen-bond donors (Lipinski definition) is 2. The molecule has 8 heteroatoms. The van der Waals surface area contributed by atoms with Gasteiger partial charge in [-0.2, -0.15) is 0 Å². The van der Waals surface area contributed by atoms with Crippen molar-refractivity contribution in [1.82, 2.24) is 10.9 Å². The van der Waals surface area contributed by atoms with E-state index in [9.17, 15) is 9.59 Å². The summed E-state index contributed by atoms with van der Waals surface area (Å²) in [6, 6.07) is 10.5. The number of hydrazine groups is 1. The Morgan fingerprint density at radius 1 is 0.862 bits per heavy atom. The summed E-state index contributed by atoms with van der Waals surface area (Å²) in [5.74, 6) is 0.450. The molecule has 7 nitrogen and oxygen atoms in total. The van der Waals surface area contributed by atoms with E-state index in [2.05, 4.69) is 26.8 Å². The number of benzene rings is 2. The predicted octanol–water partition coefficient (Wildman–Crippen LogP) is 3.65. The van der Waals surface area contributed by atoms with Gasteiger partial charge in [-0.25, -0.2) is 0 Å². The lowest BCUT2D eigenvalue weighted by Crippen LogP contribution is -2.42. The molecule has 0 unspecified atom stereocenters. The summed E-state index contributed by atoms with van der Waals surface area (Å²) in [5, 5.41) is 0. The fourth-order valence-electron chi connectivity index (χ4n) is 2.55. The molecule has 29 heavy (non-hydrogen) atoms. The molecule has 0 atom stereocenters. The zero-order chi connectivity index (χ0) is 21.2. The van der Waals surface area contributed by atoms with Crippen LogP contribution in [0.2, 0.25) is 0 Å². The smallest absolute Gasteiger partial charge is 0.269 e. The van der Waals surface area contributed by atoms with E-state index in [1.54, 1.807) is 12.1 Å². The maximum absolute atomic E-state index is 12.5. The minimum absolute atomic E-state index is 0.144. The van der Waals surface area contributed by atoms with Crippen LogP contribution in [0.15, 0.2) is 40.9 Å². The van der Waals surface area contributed by atoms with Crippen LogP contribution in [0.4, 0.5) is 0 Å². The fourth-order valence-corrected chi connectivity index (χ4v) is 2.81. The molecule has 0 aromatic heterocycles. The Balaban J connectivity index is 2.10. The van der Waals surface area contributed by atoms with Gasteiger partial charge in [0.25, 0.3) is 5.91 Å². The summed E-state index contributed by atoms with van der Waals surface area (Å²) in [6.07, 6.45) is 0.144. The first-order chi connectivity index (χ1) is 14.0. The number of carbonyl (C=O) groups is 2. The monoisotopic (exact) mass is 464 g/mol.